The van der Waals surface area contributed by atoms with Crippen molar-refractivity contribution in [2.24, 2.45) is 11.8 Å². The van der Waals surface area contributed by atoms with Gasteiger partial charge in [0.05, 0.1) is 13.7 Å². The van der Waals surface area contributed by atoms with Crippen LogP contribution in [0.1, 0.15) is 37.4 Å². The van der Waals surface area contributed by atoms with Crippen LogP contribution < -0.4 is 10.1 Å². The van der Waals surface area contributed by atoms with Crippen molar-refractivity contribution >= 4 is 5.91 Å². The van der Waals surface area contributed by atoms with Gasteiger partial charge in [0.25, 0.3) is 0 Å². The van der Waals surface area contributed by atoms with E-state index in [1.807, 2.05) is 18.2 Å². The average Bonchev–Trinajstić information content (AvgIpc) is 3.22. The summed E-state index contributed by atoms with van der Waals surface area (Å²) in [5.41, 5.74) is 1.13. The highest BCUT2D eigenvalue weighted by atomic mass is 16.5. The predicted molar refractivity (Wildman–Crippen MR) is 79.8 cm³/mol. The summed E-state index contributed by atoms with van der Waals surface area (Å²) in [5.74, 6) is 2.66. The van der Waals surface area contributed by atoms with E-state index in [0.29, 0.717) is 18.5 Å². The Kier molecular flexibility index (Phi) is 3.14. The van der Waals surface area contributed by atoms with Gasteiger partial charge >= 0.3 is 0 Å². The monoisotopic (exact) mass is 286 g/mol. The van der Waals surface area contributed by atoms with Gasteiger partial charge in [-0.3, -0.25) is 10.1 Å². The lowest BCUT2D eigenvalue weighted by molar-refractivity contribution is -0.131. The van der Waals surface area contributed by atoms with Crippen LogP contribution in [0.4, 0.5) is 0 Å². The number of ether oxygens (including phenoxy) is 1. The van der Waals surface area contributed by atoms with Gasteiger partial charge in [-0.05, 0) is 48.8 Å². The van der Waals surface area contributed by atoms with E-state index in [0.717, 1.165) is 17.2 Å². The van der Waals surface area contributed by atoms with Gasteiger partial charge in [0.2, 0.25) is 5.91 Å². The Morgan fingerprint density at radius 2 is 2.19 bits per heavy atom. The first-order valence-corrected chi connectivity index (χ1v) is 7.95. The number of fused-ring (bicyclic) bond motifs is 2. The summed E-state index contributed by atoms with van der Waals surface area (Å²) in [6.07, 6.45) is 5.18. The second kappa shape index (κ2) is 5.02. The molecule has 2 bridgehead atoms. The summed E-state index contributed by atoms with van der Waals surface area (Å²) in [4.78, 5) is 14.5. The fraction of sp³-hybridized carbons (Fsp3) is 0.588. The Balaban J connectivity index is 1.63. The van der Waals surface area contributed by atoms with Crippen LogP contribution in [-0.2, 0) is 4.79 Å². The second-order valence-electron chi connectivity index (χ2n) is 6.60. The van der Waals surface area contributed by atoms with E-state index < -0.39 is 0 Å². The SMILES string of the molecule is COc1cccc(C2NCC(=O)N2C2CC3CCC2C3)c1. The normalized spacial score (nSPS) is 34.7. The highest BCUT2D eigenvalue weighted by Gasteiger charge is 2.47. The number of hydrogen-bond acceptors (Lipinski definition) is 3. The summed E-state index contributed by atoms with van der Waals surface area (Å²) in [7, 11) is 1.68. The number of hydrogen-bond donors (Lipinski definition) is 1. The minimum atomic E-state index is 0.0111. The van der Waals surface area contributed by atoms with E-state index in [2.05, 4.69) is 16.3 Å². The molecule has 1 aliphatic heterocycles. The van der Waals surface area contributed by atoms with Crippen LogP contribution in [0, 0.1) is 11.8 Å². The second-order valence-corrected chi connectivity index (χ2v) is 6.60. The third-order valence-corrected chi connectivity index (χ3v) is 5.48. The van der Waals surface area contributed by atoms with E-state index in [-0.39, 0.29) is 12.1 Å². The van der Waals surface area contributed by atoms with Gasteiger partial charge in [-0.15, -0.1) is 0 Å². The maximum absolute atomic E-state index is 12.4. The van der Waals surface area contributed by atoms with E-state index in [1.165, 1.54) is 25.7 Å². The Morgan fingerprint density at radius 3 is 2.90 bits per heavy atom. The van der Waals surface area contributed by atoms with Crippen molar-refractivity contribution in [2.45, 2.75) is 37.9 Å². The smallest absolute Gasteiger partial charge is 0.238 e. The first-order chi connectivity index (χ1) is 10.3. The Bertz CT molecular complexity index is 559. The van der Waals surface area contributed by atoms with Gasteiger partial charge < -0.3 is 9.64 Å². The van der Waals surface area contributed by atoms with Crippen LogP contribution >= 0.6 is 0 Å². The van der Waals surface area contributed by atoms with E-state index in [4.69, 9.17) is 4.74 Å². The molecule has 2 saturated carbocycles. The topological polar surface area (TPSA) is 41.6 Å². The molecular formula is C17H22N2O2. The number of nitrogens with one attached hydrogen (secondary N) is 1. The fourth-order valence-corrected chi connectivity index (χ4v) is 4.54. The Hall–Kier alpha value is -1.55. The molecule has 1 aromatic carbocycles. The minimum absolute atomic E-state index is 0.0111. The van der Waals surface area contributed by atoms with Crippen LogP contribution in [0.2, 0.25) is 0 Å². The quantitative estimate of drug-likeness (QED) is 0.927. The number of amides is 1. The Labute approximate surface area is 125 Å². The molecule has 1 aromatic rings. The zero-order valence-corrected chi connectivity index (χ0v) is 12.4. The van der Waals surface area contributed by atoms with Gasteiger partial charge in [-0.1, -0.05) is 18.6 Å². The van der Waals surface area contributed by atoms with Crippen LogP contribution in [0.25, 0.3) is 0 Å². The predicted octanol–water partition coefficient (Wildman–Crippen LogP) is 2.31. The molecule has 112 valence electrons. The molecule has 0 aromatic heterocycles. The van der Waals surface area contributed by atoms with Gasteiger partial charge in [-0.2, -0.15) is 0 Å². The maximum atomic E-state index is 12.4. The number of benzene rings is 1. The molecule has 2 aliphatic carbocycles. The summed E-state index contributed by atoms with van der Waals surface area (Å²) in [6.45, 7) is 0.454. The summed E-state index contributed by atoms with van der Waals surface area (Å²) in [5, 5.41) is 3.38. The van der Waals surface area contributed by atoms with Crippen molar-refractivity contribution in [3.63, 3.8) is 0 Å². The number of carbonyl (C=O) groups is 1. The average molecular weight is 286 g/mol. The lowest BCUT2D eigenvalue weighted by Crippen LogP contribution is -2.42. The zero-order chi connectivity index (χ0) is 14.4. The molecule has 1 N–H and O–H groups in total. The third-order valence-electron chi connectivity index (χ3n) is 5.48. The molecule has 4 rings (SSSR count). The molecule has 0 spiro atoms. The van der Waals surface area contributed by atoms with Crippen molar-refractivity contribution in [3.05, 3.63) is 29.8 Å². The molecule has 1 saturated heterocycles. The molecule has 1 heterocycles. The lowest BCUT2D eigenvalue weighted by atomic mass is 9.93. The van der Waals surface area contributed by atoms with E-state index in [9.17, 15) is 4.79 Å². The highest BCUT2D eigenvalue weighted by Crippen LogP contribution is 2.48. The van der Waals surface area contributed by atoms with E-state index >= 15 is 0 Å². The molecule has 4 heteroatoms. The minimum Gasteiger partial charge on any atom is -0.497 e. The zero-order valence-electron chi connectivity index (χ0n) is 12.4. The molecule has 3 aliphatic rings. The van der Waals surface area contributed by atoms with Gasteiger partial charge in [0.15, 0.2) is 0 Å². The van der Waals surface area contributed by atoms with Gasteiger partial charge in [-0.25, -0.2) is 0 Å². The highest BCUT2D eigenvalue weighted by molar-refractivity contribution is 5.81. The standard InChI is InChI=1S/C17H22N2O2/c1-21-14-4-2-3-13(9-14)17-18-10-16(20)19(17)15-8-11-5-6-12(15)7-11/h2-4,9,11-12,15,17-18H,5-8,10H2,1H3. The van der Waals surface area contributed by atoms with Crippen LogP contribution in [0.15, 0.2) is 24.3 Å². The summed E-state index contributed by atoms with van der Waals surface area (Å²) >= 11 is 0. The first-order valence-electron chi connectivity index (χ1n) is 7.95. The van der Waals surface area contributed by atoms with Crippen molar-refractivity contribution in [2.75, 3.05) is 13.7 Å². The third kappa shape index (κ3) is 2.13. The number of nitrogens with zero attached hydrogens (tertiary/aromatic N) is 1. The number of methoxy groups -OCH3 is 1. The van der Waals surface area contributed by atoms with Gasteiger partial charge in [0.1, 0.15) is 11.9 Å². The Morgan fingerprint density at radius 1 is 1.29 bits per heavy atom. The van der Waals surface area contributed by atoms with E-state index in [1.54, 1.807) is 7.11 Å². The molecule has 3 fully saturated rings. The largest absolute Gasteiger partial charge is 0.497 e. The maximum Gasteiger partial charge on any atom is 0.238 e. The first kappa shape index (κ1) is 13.1. The molecule has 1 amide bonds. The van der Waals surface area contributed by atoms with Crippen LogP contribution in [0.3, 0.4) is 0 Å². The number of rotatable bonds is 3. The fourth-order valence-electron chi connectivity index (χ4n) is 4.54. The molecular weight excluding hydrogens is 264 g/mol. The van der Waals surface area contributed by atoms with Crippen LogP contribution in [0.5, 0.6) is 5.75 Å². The molecule has 4 nitrogen and oxygen atoms in total. The lowest BCUT2D eigenvalue weighted by Gasteiger charge is -2.35. The van der Waals surface area contributed by atoms with Crippen LogP contribution in [-0.4, -0.2) is 30.5 Å². The molecule has 4 unspecified atom stereocenters. The van der Waals surface area contributed by atoms with Crippen molar-refractivity contribution in [1.82, 2.24) is 10.2 Å². The summed E-state index contributed by atoms with van der Waals surface area (Å²) < 4.78 is 5.32. The van der Waals surface area contributed by atoms with Crippen molar-refractivity contribution < 1.29 is 9.53 Å². The molecule has 0 radical (unpaired) electrons. The molecule has 4 atom stereocenters. The van der Waals surface area contributed by atoms with Crippen molar-refractivity contribution in [1.29, 1.82) is 0 Å². The number of carbonyl (C=O) groups excluding carboxylic acids is 1. The van der Waals surface area contributed by atoms with Gasteiger partial charge in [0, 0.05) is 6.04 Å². The molecule has 21 heavy (non-hydrogen) atoms. The van der Waals surface area contributed by atoms with Crippen molar-refractivity contribution in [3.8, 4) is 5.75 Å². The summed E-state index contributed by atoms with van der Waals surface area (Å²) in [6, 6.07) is 8.50.